The highest BCUT2D eigenvalue weighted by atomic mass is 19.1. The molecule has 2 N–H and O–H groups in total. The summed E-state index contributed by atoms with van der Waals surface area (Å²) in [6, 6.07) is 13.2. The lowest BCUT2D eigenvalue weighted by molar-refractivity contribution is -0.167. The quantitative estimate of drug-likeness (QED) is 0.728. The SMILES string of the molecule is CC(C)(CN)C(=O)OC(C)(C)c1ccc(C(=O)OCc2ccccc2)c(F)c1. The average Bonchev–Trinajstić information content (AvgIpc) is 2.66. The van der Waals surface area contributed by atoms with Crippen LogP contribution in [0.3, 0.4) is 0 Å². The van der Waals surface area contributed by atoms with Crippen molar-refractivity contribution < 1.29 is 23.5 Å². The van der Waals surface area contributed by atoms with Gasteiger partial charge in [-0.2, -0.15) is 0 Å². The van der Waals surface area contributed by atoms with E-state index in [1.54, 1.807) is 33.8 Å². The zero-order chi connectivity index (χ0) is 20.9. The molecular formula is C22H26FNO4. The molecule has 0 saturated carbocycles. The Balaban J connectivity index is 2.12. The first-order chi connectivity index (χ1) is 13.1. The van der Waals surface area contributed by atoms with E-state index in [0.717, 1.165) is 5.56 Å². The normalized spacial score (nSPS) is 11.8. The molecule has 2 aromatic carbocycles. The van der Waals surface area contributed by atoms with Gasteiger partial charge in [-0.05, 0) is 51.0 Å². The van der Waals surface area contributed by atoms with Crippen LogP contribution in [0, 0.1) is 11.2 Å². The van der Waals surface area contributed by atoms with Gasteiger partial charge in [0.1, 0.15) is 18.0 Å². The fourth-order valence-electron chi connectivity index (χ4n) is 2.37. The molecule has 0 aliphatic heterocycles. The van der Waals surface area contributed by atoms with Crippen molar-refractivity contribution in [3.8, 4) is 0 Å². The number of rotatable bonds is 7. The summed E-state index contributed by atoms with van der Waals surface area (Å²) in [6.07, 6.45) is 0. The molecular weight excluding hydrogens is 361 g/mol. The maximum Gasteiger partial charge on any atom is 0.341 e. The Morgan fingerprint density at radius 2 is 1.68 bits per heavy atom. The van der Waals surface area contributed by atoms with Crippen molar-refractivity contribution in [2.75, 3.05) is 6.54 Å². The van der Waals surface area contributed by atoms with Crippen LogP contribution in [-0.2, 0) is 26.5 Å². The van der Waals surface area contributed by atoms with E-state index in [1.165, 1.54) is 12.1 Å². The highest BCUT2D eigenvalue weighted by Crippen LogP contribution is 2.30. The zero-order valence-electron chi connectivity index (χ0n) is 16.6. The molecule has 5 nitrogen and oxygen atoms in total. The van der Waals surface area contributed by atoms with E-state index in [4.69, 9.17) is 15.2 Å². The predicted molar refractivity (Wildman–Crippen MR) is 104 cm³/mol. The number of nitrogens with two attached hydrogens (primary N) is 1. The Morgan fingerprint density at radius 3 is 2.25 bits per heavy atom. The molecule has 28 heavy (non-hydrogen) atoms. The number of hydrogen-bond donors (Lipinski definition) is 1. The van der Waals surface area contributed by atoms with Crippen molar-refractivity contribution in [1.82, 2.24) is 0 Å². The summed E-state index contributed by atoms with van der Waals surface area (Å²) >= 11 is 0. The molecule has 0 aliphatic rings. The van der Waals surface area contributed by atoms with Gasteiger partial charge in [0, 0.05) is 6.54 Å². The van der Waals surface area contributed by atoms with Crippen molar-refractivity contribution in [1.29, 1.82) is 0 Å². The molecule has 2 aromatic rings. The van der Waals surface area contributed by atoms with Gasteiger partial charge in [0.05, 0.1) is 11.0 Å². The summed E-state index contributed by atoms with van der Waals surface area (Å²) < 4.78 is 25.2. The van der Waals surface area contributed by atoms with Crippen molar-refractivity contribution in [3.63, 3.8) is 0 Å². The number of esters is 2. The smallest absolute Gasteiger partial charge is 0.341 e. The van der Waals surface area contributed by atoms with Crippen molar-refractivity contribution in [3.05, 3.63) is 71.0 Å². The largest absolute Gasteiger partial charge is 0.457 e. The van der Waals surface area contributed by atoms with Gasteiger partial charge in [-0.1, -0.05) is 36.4 Å². The number of carbonyl (C=O) groups excluding carboxylic acids is 2. The molecule has 6 heteroatoms. The fourth-order valence-corrected chi connectivity index (χ4v) is 2.37. The zero-order valence-corrected chi connectivity index (χ0v) is 16.6. The van der Waals surface area contributed by atoms with E-state index in [0.29, 0.717) is 5.56 Å². The van der Waals surface area contributed by atoms with E-state index >= 15 is 0 Å². The number of hydrogen-bond acceptors (Lipinski definition) is 5. The summed E-state index contributed by atoms with van der Waals surface area (Å²) in [5.41, 5.74) is 4.72. The minimum absolute atomic E-state index is 0.0537. The van der Waals surface area contributed by atoms with Crippen LogP contribution in [0.15, 0.2) is 48.5 Å². The van der Waals surface area contributed by atoms with Crippen LogP contribution in [0.1, 0.15) is 49.2 Å². The molecule has 0 spiro atoms. The number of ether oxygens (including phenoxy) is 2. The van der Waals surface area contributed by atoms with Gasteiger partial charge in [0.2, 0.25) is 0 Å². The average molecular weight is 387 g/mol. The minimum atomic E-state index is -1.09. The first kappa shape index (κ1) is 21.6. The molecule has 0 heterocycles. The van der Waals surface area contributed by atoms with Crippen molar-refractivity contribution in [2.45, 2.75) is 39.9 Å². The monoisotopic (exact) mass is 387 g/mol. The fraction of sp³-hybridized carbons (Fsp3) is 0.364. The van der Waals surface area contributed by atoms with Gasteiger partial charge in [0.15, 0.2) is 0 Å². The maximum atomic E-state index is 14.5. The Labute approximate surface area is 164 Å². The second-order valence-electron chi connectivity index (χ2n) is 7.74. The third kappa shape index (κ3) is 5.16. The maximum absolute atomic E-state index is 14.5. The van der Waals surface area contributed by atoms with Crippen LogP contribution in [0.2, 0.25) is 0 Å². The molecule has 0 bridgehead atoms. The summed E-state index contributed by atoms with van der Waals surface area (Å²) in [6.45, 7) is 6.84. The summed E-state index contributed by atoms with van der Waals surface area (Å²) in [7, 11) is 0. The number of halogens is 1. The van der Waals surface area contributed by atoms with Crippen LogP contribution >= 0.6 is 0 Å². The summed E-state index contributed by atoms with van der Waals surface area (Å²) in [5, 5.41) is 0. The molecule has 0 saturated heterocycles. The van der Waals surface area contributed by atoms with Gasteiger partial charge in [-0.15, -0.1) is 0 Å². The molecule has 0 aliphatic carbocycles. The van der Waals surface area contributed by atoms with Gasteiger partial charge in [0.25, 0.3) is 0 Å². The molecule has 0 atom stereocenters. The third-order valence-corrected chi connectivity index (χ3v) is 4.51. The molecule has 0 unspecified atom stereocenters. The molecule has 0 radical (unpaired) electrons. The Bertz CT molecular complexity index is 847. The van der Waals surface area contributed by atoms with Gasteiger partial charge < -0.3 is 15.2 Å². The highest BCUT2D eigenvalue weighted by molar-refractivity contribution is 5.89. The first-order valence-corrected chi connectivity index (χ1v) is 9.01. The lowest BCUT2D eigenvalue weighted by atomic mass is 9.92. The van der Waals surface area contributed by atoms with Crippen LogP contribution in [-0.4, -0.2) is 18.5 Å². The van der Waals surface area contributed by atoms with Gasteiger partial charge in [-0.3, -0.25) is 4.79 Å². The Hall–Kier alpha value is -2.73. The van der Waals surface area contributed by atoms with E-state index in [2.05, 4.69) is 0 Å². The van der Waals surface area contributed by atoms with Crippen molar-refractivity contribution >= 4 is 11.9 Å². The Kier molecular flexibility index (Phi) is 6.56. The molecule has 0 amide bonds. The van der Waals surface area contributed by atoms with Crippen molar-refractivity contribution in [2.24, 2.45) is 11.1 Å². The highest BCUT2D eigenvalue weighted by Gasteiger charge is 2.34. The Morgan fingerprint density at radius 1 is 1.04 bits per heavy atom. The topological polar surface area (TPSA) is 78.6 Å². The molecule has 2 rings (SSSR count). The molecule has 0 aromatic heterocycles. The van der Waals surface area contributed by atoms with Gasteiger partial charge in [-0.25, -0.2) is 9.18 Å². The minimum Gasteiger partial charge on any atom is -0.457 e. The third-order valence-electron chi connectivity index (χ3n) is 4.51. The standard InChI is InChI=1S/C22H26FNO4/c1-21(2,14-24)20(26)28-22(3,4)16-10-11-17(18(23)12-16)19(25)27-13-15-8-6-5-7-9-15/h5-12H,13-14,24H2,1-4H3. The first-order valence-electron chi connectivity index (χ1n) is 9.01. The van der Waals surface area contributed by atoms with Gasteiger partial charge >= 0.3 is 11.9 Å². The second kappa shape index (κ2) is 8.52. The van der Waals surface area contributed by atoms with E-state index in [1.807, 2.05) is 30.3 Å². The van der Waals surface area contributed by atoms with E-state index < -0.39 is 28.8 Å². The van der Waals surface area contributed by atoms with E-state index in [-0.39, 0.29) is 18.7 Å². The van der Waals surface area contributed by atoms with Crippen LogP contribution in [0.5, 0.6) is 0 Å². The second-order valence-corrected chi connectivity index (χ2v) is 7.74. The summed E-state index contributed by atoms with van der Waals surface area (Å²) in [4.78, 5) is 24.5. The predicted octanol–water partition coefficient (Wildman–Crippen LogP) is 3.95. The number of carbonyl (C=O) groups is 2. The van der Waals surface area contributed by atoms with Crippen LogP contribution in [0.4, 0.5) is 4.39 Å². The summed E-state index contributed by atoms with van der Waals surface area (Å²) in [5.74, 6) is -1.98. The van der Waals surface area contributed by atoms with Crippen LogP contribution < -0.4 is 5.73 Å². The van der Waals surface area contributed by atoms with E-state index in [9.17, 15) is 14.0 Å². The van der Waals surface area contributed by atoms with Crippen LogP contribution in [0.25, 0.3) is 0 Å². The molecule has 150 valence electrons. The lowest BCUT2D eigenvalue weighted by Gasteiger charge is -2.30. The lowest BCUT2D eigenvalue weighted by Crippen LogP contribution is -2.38. The number of benzene rings is 2. The molecule has 0 fully saturated rings.